The summed E-state index contributed by atoms with van der Waals surface area (Å²) in [7, 11) is 0. The van der Waals surface area contributed by atoms with Crippen molar-refractivity contribution in [3.63, 3.8) is 0 Å². The Balaban J connectivity index is 2.22. The number of amides is 1. The minimum absolute atomic E-state index is 0.0184. The first kappa shape index (κ1) is 19.9. The van der Waals surface area contributed by atoms with Crippen molar-refractivity contribution in [3.05, 3.63) is 38.7 Å². The van der Waals surface area contributed by atoms with Crippen LogP contribution in [0.4, 0.5) is 5.69 Å². The van der Waals surface area contributed by atoms with Crippen LogP contribution in [-0.2, 0) is 11.3 Å². The third-order valence-corrected chi connectivity index (χ3v) is 5.55. The van der Waals surface area contributed by atoms with E-state index in [0.29, 0.717) is 27.4 Å². The number of carbonyl (C=O) groups is 1. The normalized spacial score (nSPS) is 12.4. The first-order chi connectivity index (χ1) is 11.8. The number of halogens is 2. The van der Waals surface area contributed by atoms with Crippen LogP contribution >= 0.6 is 35.0 Å². The topological polar surface area (TPSA) is 79.8 Å². The van der Waals surface area contributed by atoms with Crippen LogP contribution in [0.25, 0.3) is 0 Å². The van der Waals surface area contributed by atoms with Gasteiger partial charge in [-0.3, -0.25) is 9.36 Å². The summed E-state index contributed by atoms with van der Waals surface area (Å²) >= 11 is 13.3. The molecule has 0 aliphatic heterocycles. The summed E-state index contributed by atoms with van der Waals surface area (Å²) in [6, 6.07) is 4.89. The lowest BCUT2D eigenvalue weighted by molar-refractivity contribution is -0.116. The molecule has 0 saturated carbocycles. The molecule has 0 fully saturated rings. The van der Waals surface area contributed by atoms with Crippen molar-refractivity contribution in [1.29, 1.82) is 0 Å². The predicted octanol–water partition coefficient (Wildman–Crippen LogP) is 4.04. The van der Waals surface area contributed by atoms with Gasteiger partial charge in [-0.15, -0.1) is 5.10 Å². The number of nitrogens with one attached hydrogen (secondary N) is 2. The molecule has 0 bridgehead atoms. The van der Waals surface area contributed by atoms with E-state index in [2.05, 4.69) is 15.5 Å². The summed E-state index contributed by atoms with van der Waals surface area (Å²) in [5.41, 5.74) is 0.184. The molecule has 25 heavy (non-hydrogen) atoms. The molecule has 1 aromatic heterocycles. The number of rotatable bonds is 7. The number of anilines is 1. The van der Waals surface area contributed by atoms with Gasteiger partial charge in [0.1, 0.15) is 0 Å². The second-order valence-corrected chi connectivity index (χ2v) is 7.81. The Morgan fingerprint density at radius 1 is 1.40 bits per heavy atom. The summed E-state index contributed by atoms with van der Waals surface area (Å²) in [4.78, 5) is 24.6. The monoisotopic (exact) mass is 402 g/mol. The fourth-order valence-corrected chi connectivity index (χ4v) is 3.62. The zero-order chi connectivity index (χ0) is 18.6. The van der Waals surface area contributed by atoms with Gasteiger partial charge in [-0.1, -0.05) is 55.7 Å². The number of nitrogens with zero attached hydrogens (tertiary/aromatic N) is 2. The third-order valence-electron chi connectivity index (χ3n) is 3.45. The third kappa shape index (κ3) is 5.03. The molecular formula is C16H20Cl2N4O2S. The highest BCUT2D eigenvalue weighted by molar-refractivity contribution is 8.00. The maximum absolute atomic E-state index is 12.7. The molecule has 1 atom stereocenters. The molecule has 0 saturated heterocycles. The molecule has 1 amide bonds. The molecule has 1 aromatic carbocycles. The van der Waals surface area contributed by atoms with E-state index in [1.54, 1.807) is 22.8 Å². The SMILES string of the molecule is CCCn1c(S[C@@H](C(=O)Nc2cc(Cl)ccc2Cl)C(C)C)n[nH]c1=O. The van der Waals surface area contributed by atoms with E-state index in [4.69, 9.17) is 23.2 Å². The molecule has 9 heteroatoms. The number of benzene rings is 1. The molecule has 1 heterocycles. The highest BCUT2D eigenvalue weighted by Gasteiger charge is 2.27. The van der Waals surface area contributed by atoms with Gasteiger partial charge >= 0.3 is 5.69 Å². The summed E-state index contributed by atoms with van der Waals surface area (Å²) in [5.74, 6) is -0.201. The van der Waals surface area contributed by atoms with Gasteiger partial charge in [0.05, 0.1) is 16.0 Å². The fourth-order valence-electron chi connectivity index (χ4n) is 2.22. The van der Waals surface area contributed by atoms with Crippen molar-refractivity contribution in [2.24, 2.45) is 5.92 Å². The van der Waals surface area contributed by atoms with Crippen LogP contribution in [0.2, 0.25) is 10.0 Å². The van der Waals surface area contributed by atoms with Crippen molar-refractivity contribution in [3.8, 4) is 0 Å². The Morgan fingerprint density at radius 2 is 2.12 bits per heavy atom. The van der Waals surface area contributed by atoms with E-state index in [1.165, 1.54) is 11.8 Å². The number of carbonyl (C=O) groups excluding carboxylic acids is 1. The molecule has 0 unspecified atom stereocenters. The molecule has 0 aliphatic carbocycles. The van der Waals surface area contributed by atoms with Gasteiger partial charge in [-0.25, -0.2) is 9.89 Å². The van der Waals surface area contributed by atoms with Crippen LogP contribution < -0.4 is 11.0 Å². The lowest BCUT2D eigenvalue weighted by atomic mass is 10.1. The van der Waals surface area contributed by atoms with Crippen LogP contribution in [-0.4, -0.2) is 25.9 Å². The molecule has 0 spiro atoms. The first-order valence-corrected chi connectivity index (χ1v) is 9.54. The van der Waals surface area contributed by atoms with E-state index in [0.717, 1.165) is 6.42 Å². The number of hydrogen-bond donors (Lipinski definition) is 2. The van der Waals surface area contributed by atoms with Gasteiger partial charge in [-0.2, -0.15) is 0 Å². The fraction of sp³-hybridized carbons (Fsp3) is 0.438. The molecule has 0 radical (unpaired) electrons. The Bertz CT molecular complexity index is 804. The highest BCUT2D eigenvalue weighted by atomic mass is 35.5. The quantitative estimate of drug-likeness (QED) is 0.684. The molecule has 2 rings (SSSR count). The van der Waals surface area contributed by atoms with E-state index in [9.17, 15) is 9.59 Å². The minimum atomic E-state index is -0.444. The van der Waals surface area contributed by atoms with Crippen LogP contribution in [0.3, 0.4) is 0 Å². The van der Waals surface area contributed by atoms with Gasteiger partial charge in [0.2, 0.25) is 5.91 Å². The Labute approximate surface area is 160 Å². The molecule has 6 nitrogen and oxygen atoms in total. The molecule has 2 N–H and O–H groups in total. The Hall–Kier alpha value is -1.44. The molecule has 2 aromatic rings. The van der Waals surface area contributed by atoms with Crippen molar-refractivity contribution >= 4 is 46.6 Å². The van der Waals surface area contributed by atoms with Gasteiger partial charge in [-0.05, 0) is 30.5 Å². The number of aromatic nitrogens is 3. The average molecular weight is 403 g/mol. The molecular weight excluding hydrogens is 383 g/mol. The molecule has 136 valence electrons. The Morgan fingerprint density at radius 3 is 2.76 bits per heavy atom. The number of thioether (sulfide) groups is 1. The number of hydrogen-bond acceptors (Lipinski definition) is 4. The predicted molar refractivity (Wildman–Crippen MR) is 103 cm³/mol. The van der Waals surface area contributed by atoms with Gasteiger partial charge in [0.25, 0.3) is 0 Å². The van der Waals surface area contributed by atoms with Gasteiger partial charge < -0.3 is 5.32 Å². The second-order valence-electron chi connectivity index (χ2n) is 5.86. The van der Waals surface area contributed by atoms with Gasteiger partial charge in [0, 0.05) is 11.6 Å². The van der Waals surface area contributed by atoms with Crippen LogP contribution in [0, 0.1) is 5.92 Å². The van der Waals surface area contributed by atoms with E-state index >= 15 is 0 Å². The second kappa shape index (κ2) is 8.78. The van der Waals surface area contributed by atoms with Gasteiger partial charge in [0.15, 0.2) is 5.16 Å². The van der Waals surface area contributed by atoms with Crippen molar-refractivity contribution in [2.75, 3.05) is 5.32 Å². The Kier molecular flexibility index (Phi) is 6.98. The minimum Gasteiger partial charge on any atom is -0.324 e. The van der Waals surface area contributed by atoms with Crippen LogP contribution in [0.15, 0.2) is 28.2 Å². The zero-order valence-electron chi connectivity index (χ0n) is 14.2. The van der Waals surface area contributed by atoms with Crippen molar-refractivity contribution < 1.29 is 4.79 Å². The standard InChI is InChI=1S/C16H20Cl2N4O2S/c1-4-7-22-15(24)20-21-16(22)25-13(9(2)3)14(23)19-12-8-10(17)5-6-11(12)18/h5-6,8-9,13H,4,7H2,1-3H3,(H,19,23)(H,20,24)/t13-/m1/s1. The van der Waals surface area contributed by atoms with Crippen LogP contribution in [0.1, 0.15) is 27.2 Å². The lowest BCUT2D eigenvalue weighted by Crippen LogP contribution is -2.30. The van der Waals surface area contributed by atoms with E-state index in [1.807, 2.05) is 20.8 Å². The largest absolute Gasteiger partial charge is 0.343 e. The summed E-state index contributed by atoms with van der Waals surface area (Å²) in [6.07, 6.45) is 0.795. The zero-order valence-corrected chi connectivity index (χ0v) is 16.5. The molecule has 0 aliphatic rings. The summed E-state index contributed by atoms with van der Waals surface area (Å²) in [6.45, 7) is 6.39. The van der Waals surface area contributed by atoms with Crippen molar-refractivity contribution in [2.45, 2.75) is 44.1 Å². The highest BCUT2D eigenvalue weighted by Crippen LogP contribution is 2.30. The smallest absolute Gasteiger partial charge is 0.324 e. The van der Waals surface area contributed by atoms with Crippen molar-refractivity contribution in [1.82, 2.24) is 14.8 Å². The summed E-state index contributed by atoms with van der Waals surface area (Å²) < 4.78 is 1.54. The first-order valence-electron chi connectivity index (χ1n) is 7.91. The van der Waals surface area contributed by atoms with E-state index in [-0.39, 0.29) is 17.5 Å². The maximum atomic E-state index is 12.7. The average Bonchev–Trinajstić information content (AvgIpc) is 2.89. The van der Waals surface area contributed by atoms with E-state index < -0.39 is 5.25 Å². The number of aromatic amines is 1. The maximum Gasteiger partial charge on any atom is 0.343 e. The lowest BCUT2D eigenvalue weighted by Gasteiger charge is -2.20. The van der Waals surface area contributed by atoms with Crippen LogP contribution in [0.5, 0.6) is 0 Å². The summed E-state index contributed by atoms with van der Waals surface area (Å²) in [5, 5.41) is 10.2. The number of H-pyrrole nitrogens is 1.